The first kappa shape index (κ1) is 16.3. The lowest BCUT2D eigenvalue weighted by atomic mass is 9.70. The monoisotopic (exact) mass is 299 g/mol. The van der Waals surface area contributed by atoms with E-state index in [1.807, 2.05) is 13.1 Å². The summed E-state index contributed by atoms with van der Waals surface area (Å²) in [6.45, 7) is 3.05. The molecule has 1 fully saturated rings. The molecule has 1 nitrogen and oxygen atoms in total. The summed E-state index contributed by atoms with van der Waals surface area (Å²) in [5.41, 5.74) is 0.324. The molecule has 0 aliphatic heterocycles. The maximum Gasteiger partial charge on any atom is 0.416 e. The topological polar surface area (TPSA) is 12.0 Å². The fourth-order valence-electron chi connectivity index (χ4n) is 3.55. The second kappa shape index (κ2) is 6.82. The second-order valence-corrected chi connectivity index (χ2v) is 6.13. The lowest BCUT2D eigenvalue weighted by Gasteiger charge is -2.36. The van der Waals surface area contributed by atoms with Gasteiger partial charge in [0.2, 0.25) is 0 Å². The minimum atomic E-state index is -4.26. The average molecular weight is 299 g/mol. The molecule has 1 aliphatic rings. The molecule has 1 saturated carbocycles. The van der Waals surface area contributed by atoms with Gasteiger partial charge in [0.25, 0.3) is 0 Å². The quantitative estimate of drug-likeness (QED) is 0.839. The van der Waals surface area contributed by atoms with Crippen LogP contribution in [0.2, 0.25) is 0 Å². The third-order valence-corrected chi connectivity index (χ3v) is 4.79. The molecule has 3 atom stereocenters. The van der Waals surface area contributed by atoms with Gasteiger partial charge < -0.3 is 5.32 Å². The standard InChI is InChI=1S/C17H24F3N/c1-3-12-7-8-14(11-21-2)16(9-12)13-5-4-6-15(10-13)17(18,19)20/h4-6,10,12,14,16,21H,3,7-9,11H2,1-2H3. The Morgan fingerprint density at radius 2 is 2.00 bits per heavy atom. The third kappa shape index (κ3) is 4.00. The van der Waals surface area contributed by atoms with E-state index in [1.165, 1.54) is 12.5 Å². The summed E-state index contributed by atoms with van der Waals surface area (Å²) >= 11 is 0. The van der Waals surface area contributed by atoms with Crippen LogP contribution in [-0.2, 0) is 6.18 Å². The lowest BCUT2D eigenvalue weighted by molar-refractivity contribution is -0.137. The number of benzene rings is 1. The molecule has 0 spiro atoms. The molecule has 1 aliphatic carbocycles. The van der Waals surface area contributed by atoms with E-state index in [2.05, 4.69) is 12.2 Å². The lowest BCUT2D eigenvalue weighted by Crippen LogP contribution is -2.30. The Labute approximate surface area is 124 Å². The van der Waals surface area contributed by atoms with Gasteiger partial charge in [-0.3, -0.25) is 0 Å². The molecule has 0 amide bonds. The van der Waals surface area contributed by atoms with Crippen LogP contribution in [0.3, 0.4) is 0 Å². The normalized spacial score (nSPS) is 26.8. The summed E-state index contributed by atoms with van der Waals surface area (Å²) in [5, 5.41) is 3.19. The first-order valence-corrected chi connectivity index (χ1v) is 7.77. The Kier molecular flexibility index (Phi) is 5.31. The Morgan fingerprint density at radius 1 is 1.24 bits per heavy atom. The molecule has 0 aromatic heterocycles. The van der Waals surface area contributed by atoms with Crippen molar-refractivity contribution in [3.05, 3.63) is 35.4 Å². The fourth-order valence-corrected chi connectivity index (χ4v) is 3.55. The van der Waals surface area contributed by atoms with Gasteiger partial charge in [-0.15, -0.1) is 0 Å². The molecule has 0 heterocycles. The average Bonchev–Trinajstić information content (AvgIpc) is 2.47. The van der Waals surface area contributed by atoms with Gasteiger partial charge in [-0.1, -0.05) is 38.0 Å². The van der Waals surface area contributed by atoms with Gasteiger partial charge in [-0.05, 0) is 55.8 Å². The van der Waals surface area contributed by atoms with Crippen molar-refractivity contribution in [2.75, 3.05) is 13.6 Å². The molecule has 3 unspecified atom stereocenters. The highest BCUT2D eigenvalue weighted by molar-refractivity contribution is 5.29. The van der Waals surface area contributed by atoms with Crippen molar-refractivity contribution in [2.24, 2.45) is 11.8 Å². The molecular weight excluding hydrogens is 275 g/mol. The number of hydrogen-bond acceptors (Lipinski definition) is 1. The molecule has 0 radical (unpaired) electrons. The van der Waals surface area contributed by atoms with Crippen LogP contribution in [0, 0.1) is 11.8 Å². The number of hydrogen-bond donors (Lipinski definition) is 1. The van der Waals surface area contributed by atoms with E-state index in [1.54, 1.807) is 6.07 Å². The summed E-state index contributed by atoms with van der Waals surface area (Å²) in [4.78, 5) is 0. The fraction of sp³-hybridized carbons (Fsp3) is 0.647. The van der Waals surface area contributed by atoms with Gasteiger partial charge in [-0.2, -0.15) is 13.2 Å². The Bertz CT molecular complexity index is 456. The van der Waals surface area contributed by atoms with Gasteiger partial charge in [0.1, 0.15) is 0 Å². The summed E-state index contributed by atoms with van der Waals surface area (Å²) in [6.07, 6.45) is 0.151. The van der Waals surface area contributed by atoms with Gasteiger partial charge in [0.05, 0.1) is 5.56 Å². The van der Waals surface area contributed by atoms with Crippen molar-refractivity contribution in [1.82, 2.24) is 5.32 Å². The summed E-state index contributed by atoms with van der Waals surface area (Å²) in [7, 11) is 1.91. The molecule has 1 aromatic carbocycles. The van der Waals surface area contributed by atoms with Crippen LogP contribution in [0.5, 0.6) is 0 Å². The SMILES string of the molecule is CCC1CCC(CNC)C(c2cccc(C(F)(F)F)c2)C1. The van der Waals surface area contributed by atoms with E-state index < -0.39 is 11.7 Å². The number of nitrogens with one attached hydrogen (secondary N) is 1. The van der Waals surface area contributed by atoms with Crippen LogP contribution in [0.25, 0.3) is 0 Å². The zero-order valence-electron chi connectivity index (χ0n) is 12.7. The summed E-state index contributed by atoms with van der Waals surface area (Å²) in [6, 6.07) is 5.92. The summed E-state index contributed by atoms with van der Waals surface area (Å²) < 4.78 is 38.7. The van der Waals surface area contributed by atoms with E-state index in [0.29, 0.717) is 11.8 Å². The maximum absolute atomic E-state index is 12.9. The highest BCUT2D eigenvalue weighted by Gasteiger charge is 2.34. The predicted molar refractivity (Wildman–Crippen MR) is 79.2 cm³/mol. The number of alkyl halides is 3. The van der Waals surface area contributed by atoms with Crippen LogP contribution in [0.1, 0.15) is 49.7 Å². The van der Waals surface area contributed by atoms with Gasteiger partial charge in [0.15, 0.2) is 0 Å². The summed E-state index contributed by atoms with van der Waals surface area (Å²) in [5.74, 6) is 1.30. The van der Waals surface area contributed by atoms with E-state index in [4.69, 9.17) is 0 Å². The zero-order valence-corrected chi connectivity index (χ0v) is 12.7. The largest absolute Gasteiger partial charge is 0.416 e. The second-order valence-electron chi connectivity index (χ2n) is 6.13. The highest BCUT2D eigenvalue weighted by atomic mass is 19.4. The highest BCUT2D eigenvalue weighted by Crippen LogP contribution is 2.42. The molecule has 1 N–H and O–H groups in total. The first-order valence-electron chi connectivity index (χ1n) is 7.77. The van der Waals surface area contributed by atoms with Gasteiger partial charge in [0, 0.05) is 0 Å². The van der Waals surface area contributed by atoms with Crippen LogP contribution >= 0.6 is 0 Å². The molecular formula is C17H24F3N. The molecule has 0 bridgehead atoms. The van der Waals surface area contributed by atoms with E-state index in [9.17, 15) is 13.2 Å². The minimum absolute atomic E-state index is 0.235. The van der Waals surface area contributed by atoms with Crippen molar-refractivity contribution in [3.63, 3.8) is 0 Å². The van der Waals surface area contributed by atoms with Crippen molar-refractivity contribution in [2.45, 2.75) is 44.7 Å². The zero-order chi connectivity index (χ0) is 15.5. The van der Waals surface area contributed by atoms with Crippen LogP contribution in [0.15, 0.2) is 24.3 Å². The van der Waals surface area contributed by atoms with Crippen molar-refractivity contribution in [1.29, 1.82) is 0 Å². The van der Waals surface area contributed by atoms with Gasteiger partial charge in [-0.25, -0.2) is 0 Å². The smallest absolute Gasteiger partial charge is 0.319 e. The van der Waals surface area contributed by atoms with Gasteiger partial charge >= 0.3 is 6.18 Å². The molecule has 4 heteroatoms. The molecule has 118 valence electrons. The van der Waals surface area contributed by atoms with Crippen LogP contribution in [0.4, 0.5) is 13.2 Å². The Balaban J connectivity index is 2.27. The van der Waals surface area contributed by atoms with Crippen LogP contribution < -0.4 is 5.32 Å². The number of halogens is 3. The molecule has 21 heavy (non-hydrogen) atoms. The van der Waals surface area contributed by atoms with Crippen molar-refractivity contribution >= 4 is 0 Å². The molecule has 1 aromatic rings. The molecule has 2 rings (SSSR count). The molecule has 0 saturated heterocycles. The van der Waals surface area contributed by atoms with Crippen molar-refractivity contribution < 1.29 is 13.2 Å². The van der Waals surface area contributed by atoms with E-state index in [-0.39, 0.29) is 5.92 Å². The number of rotatable bonds is 4. The maximum atomic E-state index is 12.9. The predicted octanol–water partition coefficient (Wildman–Crippen LogP) is 4.83. The first-order chi connectivity index (χ1) is 9.95. The minimum Gasteiger partial charge on any atom is -0.319 e. The van der Waals surface area contributed by atoms with E-state index >= 15 is 0 Å². The van der Waals surface area contributed by atoms with Crippen molar-refractivity contribution in [3.8, 4) is 0 Å². The Morgan fingerprint density at radius 3 is 2.62 bits per heavy atom. The third-order valence-electron chi connectivity index (χ3n) is 4.79. The van der Waals surface area contributed by atoms with E-state index in [0.717, 1.165) is 37.4 Å². The Hall–Kier alpha value is -1.03. The van der Waals surface area contributed by atoms with Crippen LogP contribution in [-0.4, -0.2) is 13.6 Å².